The molecule has 0 bridgehead atoms. The molecule has 0 atom stereocenters. The molecular formula is C14H13NO2. The summed E-state index contributed by atoms with van der Waals surface area (Å²) in [6, 6.07) is 5.74. The molecule has 0 saturated heterocycles. The van der Waals surface area contributed by atoms with Crippen LogP contribution < -0.4 is 0 Å². The highest BCUT2D eigenvalue weighted by atomic mass is 16.5. The minimum Gasteiger partial charge on any atom is -0.421 e. The summed E-state index contributed by atoms with van der Waals surface area (Å²) in [6.45, 7) is 4.14. The Kier molecular flexibility index (Phi) is 2.97. The van der Waals surface area contributed by atoms with Crippen LogP contribution in [0.1, 0.15) is 40.9 Å². The van der Waals surface area contributed by atoms with Gasteiger partial charge in [0.25, 0.3) is 0 Å². The van der Waals surface area contributed by atoms with E-state index in [9.17, 15) is 4.79 Å². The van der Waals surface area contributed by atoms with Gasteiger partial charge in [0.1, 0.15) is 5.76 Å². The van der Waals surface area contributed by atoms with Gasteiger partial charge in [-0.05, 0) is 36.1 Å². The first-order valence-electron chi connectivity index (χ1n) is 5.69. The minimum absolute atomic E-state index is 0.362. The van der Waals surface area contributed by atoms with Crippen molar-refractivity contribution in [1.29, 1.82) is 5.26 Å². The number of nitrogens with zero attached hydrogens (tertiary/aromatic N) is 1. The molecule has 0 fully saturated rings. The monoisotopic (exact) mass is 227 g/mol. The molecule has 1 aliphatic heterocycles. The third-order valence-corrected chi connectivity index (χ3v) is 2.99. The number of cyclic esters (lactones) is 1. The molecule has 2 rings (SSSR count). The standard InChI is InChI=1S/C14H13NO2/c1-3-9-7-11-12(8-10(9)4-2)14(16)17-13(11)5-6-15/h5,7-8H,3-4H2,1-2H3. The predicted octanol–water partition coefficient (Wildman–Crippen LogP) is 2.85. The number of carbonyl (C=O) groups is 1. The lowest BCUT2D eigenvalue weighted by Crippen LogP contribution is -1.98. The number of esters is 1. The van der Waals surface area contributed by atoms with Crippen LogP contribution in [0.2, 0.25) is 0 Å². The maximum absolute atomic E-state index is 11.6. The molecule has 1 aliphatic rings. The van der Waals surface area contributed by atoms with Gasteiger partial charge in [0.05, 0.1) is 17.7 Å². The smallest absolute Gasteiger partial charge is 0.344 e. The van der Waals surface area contributed by atoms with Crippen molar-refractivity contribution in [2.24, 2.45) is 0 Å². The van der Waals surface area contributed by atoms with E-state index in [1.807, 2.05) is 18.2 Å². The van der Waals surface area contributed by atoms with Crippen LogP contribution in [0.5, 0.6) is 0 Å². The van der Waals surface area contributed by atoms with Crippen LogP contribution in [-0.4, -0.2) is 5.97 Å². The van der Waals surface area contributed by atoms with Crippen LogP contribution in [0.3, 0.4) is 0 Å². The van der Waals surface area contributed by atoms with Gasteiger partial charge >= 0.3 is 5.97 Å². The fourth-order valence-electron chi connectivity index (χ4n) is 2.10. The van der Waals surface area contributed by atoms with Crippen molar-refractivity contribution in [2.45, 2.75) is 26.7 Å². The first kappa shape index (κ1) is 11.4. The van der Waals surface area contributed by atoms with E-state index < -0.39 is 0 Å². The van der Waals surface area contributed by atoms with Crippen LogP contribution in [0.15, 0.2) is 18.2 Å². The predicted molar refractivity (Wildman–Crippen MR) is 64.2 cm³/mol. The Labute approximate surface area is 100 Å². The van der Waals surface area contributed by atoms with Crippen molar-refractivity contribution in [3.63, 3.8) is 0 Å². The van der Waals surface area contributed by atoms with Crippen molar-refractivity contribution in [1.82, 2.24) is 0 Å². The Bertz CT molecular complexity index is 550. The fraction of sp³-hybridized carbons (Fsp3) is 0.286. The zero-order valence-electron chi connectivity index (χ0n) is 9.91. The van der Waals surface area contributed by atoms with Gasteiger partial charge in [-0.25, -0.2) is 4.79 Å². The molecule has 0 amide bonds. The molecule has 0 N–H and O–H groups in total. The van der Waals surface area contributed by atoms with Crippen LogP contribution >= 0.6 is 0 Å². The van der Waals surface area contributed by atoms with Crippen molar-refractivity contribution in [2.75, 3.05) is 0 Å². The van der Waals surface area contributed by atoms with E-state index in [4.69, 9.17) is 10.00 Å². The number of ether oxygens (including phenoxy) is 1. The van der Waals surface area contributed by atoms with E-state index in [0.717, 1.165) is 18.4 Å². The van der Waals surface area contributed by atoms with Crippen LogP contribution in [-0.2, 0) is 17.6 Å². The summed E-state index contributed by atoms with van der Waals surface area (Å²) in [5, 5.41) is 8.65. The highest BCUT2D eigenvalue weighted by Gasteiger charge is 2.27. The average molecular weight is 227 g/mol. The summed E-state index contributed by atoms with van der Waals surface area (Å²) in [5.74, 6) is 0.00343. The number of allylic oxidation sites excluding steroid dienone is 1. The van der Waals surface area contributed by atoms with Crippen molar-refractivity contribution in [3.05, 3.63) is 40.5 Å². The molecule has 17 heavy (non-hydrogen) atoms. The SMILES string of the molecule is CCc1cc2c(cc1CC)C(=CC#N)OC2=O. The highest BCUT2D eigenvalue weighted by Crippen LogP contribution is 2.32. The molecule has 1 aromatic carbocycles. The maximum Gasteiger partial charge on any atom is 0.344 e. The zero-order chi connectivity index (χ0) is 12.4. The number of hydrogen-bond acceptors (Lipinski definition) is 3. The summed E-state index contributed by atoms with van der Waals surface area (Å²) < 4.78 is 5.07. The van der Waals surface area contributed by atoms with Gasteiger partial charge in [0.15, 0.2) is 0 Å². The molecule has 1 heterocycles. The number of hydrogen-bond donors (Lipinski definition) is 0. The highest BCUT2D eigenvalue weighted by molar-refractivity contribution is 6.03. The van der Waals surface area contributed by atoms with E-state index in [1.165, 1.54) is 17.2 Å². The van der Waals surface area contributed by atoms with Gasteiger partial charge in [0, 0.05) is 5.56 Å². The first-order chi connectivity index (χ1) is 8.21. The third kappa shape index (κ3) is 1.83. The summed E-state index contributed by atoms with van der Waals surface area (Å²) in [5.41, 5.74) is 3.68. The Morgan fingerprint density at radius 2 is 1.82 bits per heavy atom. The zero-order valence-corrected chi connectivity index (χ0v) is 9.91. The summed E-state index contributed by atoms with van der Waals surface area (Å²) in [6.07, 6.45) is 3.07. The third-order valence-electron chi connectivity index (χ3n) is 2.99. The molecule has 1 aromatic rings. The van der Waals surface area contributed by atoms with Gasteiger partial charge in [-0.3, -0.25) is 0 Å². The molecule has 0 aliphatic carbocycles. The lowest BCUT2D eigenvalue weighted by molar-refractivity contribution is 0.0716. The van der Waals surface area contributed by atoms with Gasteiger partial charge in [-0.1, -0.05) is 13.8 Å². The Morgan fingerprint density at radius 3 is 2.35 bits per heavy atom. The van der Waals surface area contributed by atoms with Crippen molar-refractivity contribution < 1.29 is 9.53 Å². The minimum atomic E-state index is -0.362. The summed E-state index contributed by atoms with van der Waals surface area (Å²) >= 11 is 0. The van der Waals surface area contributed by atoms with E-state index in [-0.39, 0.29) is 5.97 Å². The topological polar surface area (TPSA) is 50.1 Å². The lowest BCUT2D eigenvalue weighted by Gasteiger charge is -2.07. The second kappa shape index (κ2) is 4.42. The van der Waals surface area contributed by atoms with Crippen molar-refractivity contribution in [3.8, 4) is 6.07 Å². The van der Waals surface area contributed by atoms with Gasteiger partial charge < -0.3 is 4.74 Å². The molecule has 86 valence electrons. The van der Waals surface area contributed by atoms with Crippen molar-refractivity contribution >= 4 is 11.7 Å². The molecule has 0 aromatic heterocycles. The van der Waals surface area contributed by atoms with Gasteiger partial charge in [-0.2, -0.15) is 5.26 Å². The molecular weight excluding hydrogens is 214 g/mol. The number of nitriles is 1. The number of aryl methyl sites for hydroxylation is 2. The van der Waals surface area contributed by atoms with Gasteiger partial charge in [0.2, 0.25) is 0 Å². The van der Waals surface area contributed by atoms with Crippen LogP contribution in [0.25, 0.3) is 5.76 Å². The summed E-state index contributed by atoms with van der Waals surface area (Å²) in [4.78, 5) is 11.6. The fourth-order valence-corrected chi connectivity index (χ4v) is 2.10. The maximum atomic E-state index is 11.6. The summed E-state index contributed by atoms with van der Waals surface area (Å²) in [7, 11) is 0. The van der Waals surface area contributed by atoms with E-state index in [2.05, 4.69) is 13.8 Å². The average Bonchev–Trinajstić information content (AvgIpc) is 2.65. The largest absolute Gasteiger partial charge is 0.421 e. The first-order valence-corrected chi connectivity index (χ1v) is 5.69. The normalized spacial score (nSPS) is 15.6. The Balaban J connectivity index is 2.63. The number of carbonyl (C=O) groups excluding carboxylic acids is 1. The molecule has 0 spiro atoms. The quantitative estimate of drug-likeness (QED) is 0.576. The van der Waals surface area contributed by atoms with E-state index in [1.54, 1.807) is 0 Å². The number of fused-ring (bicyclic) bond motifs is 1. The lowest BCUT2D eigenvalue weighted by atomic mass is 9.95. The van der Waals surface area contributed by atoms with Crippen LogP contribution in [0.4, 0.5) is 0 Å². The molecule has 0 saturated carbocycles. The van der Waals surface area contributed by atoms with Gasteiger partial charge in [-0.15, -0.1) is 0 Å². The number of rotatable bonds is 2. The van der Waals surface area contributed by atoms with E-state index >= 15 is 0 Å². The molecule has 0 unspecified atom stereocenters. The Morgan fingerprint density at radius 1 is 1.24 bits per heavy atom. The number of benzene rings is 1. The molecule has 3 nitrogen and oxygen atoms in total. The second-order valence-electron chi connectivity index (χ2n) is 3.90. The van der Waals surface area contributed by atoms with Crippen LogP contribution in [0, 0.1) is 11.3 Å². The Hall–Kier alpha value is -2.08. The molecule has 3 heteroatoms. The molecule has 0 radical (unpaired) electrons. The second-order valence-corrected chi connectivity index (χ2v) is 3.90. The van der Waals surface area contributed by atoms with E-state index in [0.29, 0.717) is 11.3 Å².